The van der Waals surface area contributed by atoms with Gasteiger partial charge in [0.05, 0.1) is 5.41 Å². The van der Waals surface area contributed by atoms with Crippen molar-refractivity contribution in [1.29, 1.82) is 0 Å². The predicted octanol–water partition coefficient (Wildman–Crippen LogP) is 0.340. The van der Waals surface area contributed by atoms with Gasteiger partial charge in [-0.15, -0.1) is 0 Å². The molecule has 0 aliphatic carbocycles. The Balaban J connectivity index is 0. The molecule has 0 heterocycles. The van der Waals surface area contributed by atoms with Crippen molar-refractivity contribution in [2.75, 3.05) is 0 Å². The van der Waals surface area contributed by atoms with E-state index in [2.05, 4.69) is 0 Å². The van der Waals surface area contributed by atoms with Crippen molar-refractivity contribution in [3.63, 3.8) is 0 Å². The van der Waals surface area contributed by atoms with Crippen LogP contribution < -0.4 is 0 Å². The van der Waals surface area contributed by atoms with Crippen LogP contribution in [0.25, 0.3) is 6.08 Å². The Labute approximate surface area is 105 Å². The second-order valence-electron chi connectivity index (χ2n) is 2.23. The average molecular weight is 225 g/mol. The molecule has 73 valence electrons. The Morgan fingerprint density at radius 3 is 2.07 bits per heavy atom. The molecule has 0 aromatic heterocycles. The Morgan fingerprint density at radius 2 is 1.64 bits per heavy atom. The molecule has 0 aliphatic rings. The van der Waals surface area contributed by atoms with Gasteiger partial charge in [0.15, 0.2) is 0 Å². The van der Waals surface area contributed by atoms with Crippen LogP contribution in [-0.4, -0.2) is 48.0 Å². The smallest absolute Gasteiger partial charge is 0.287 e. The van der Waals surface area contributed by atoms with Gasteiger partial charge in [0.25, 0.3) is 10.1 Å². The van der Waals surface area contributed by atoms with E-state index in [1.807, 2.05) is 6.07 Å². The van der Waals surface area contributed by atoms with E-state index in [0.717, 1.165) is 11.0 Å². The minimum absolute atomic E-state index is 0. The van der Waals surface area contributed by atoms with Crippen LogP contribution in [-0.2, 0) is 10.1 Å². The SMILES string of the molecule is O.O=S(=O)(O)C=Cc1ccccc1.[Na]. The zero-order chi connectivity index (χ0) is 9.03. The fourth-order valence-corrected chi connectivity index (χ4v) is 1.06. The fourth-order valence-electron chi connectivity index (χ4n) is 0.729. The van der Waals surface area contributed by atoms with Crippen molar-refractivity contribution in [1.82, 2.24) is 0 Å². The zero-order valence-corrected chi connectivity index (χ0v) is 10.5. The van der Waals surface area contributed by atoms with Gasteiger partial charge in [0.1, 0.15) is 0 Å². The van der Waals surface area contributed by atoms with E-state index in [-0.39, 0.29) is 35.0 Å². The Kier molecular flexibility index (Phi) is 8.33. The summed E-state index contributed by atoms with van der Waals surface area (Å²) in [6, 6.07) is 8.86. The summed E-state index contributed by atoms with van der Waals surface area (Å²) < 4.78 is 28.9. The molecule has 1 radical (unpaired) electrons. The first-order valence-corrected chi connectivity index (χ1v) is 4.79. The third-order valence-electron chi connectivity index (χ3n) is 1.23. The van der Waals surface area contributed by atoms with E-state index in [9.17, 15) is 8.42 Å². The summed E-state index contributed by atoms with van der Waals surface area (Å²) in [5, 5.41) is 0.752. The molecule has 4 nitrogen and oxygen atoms in total. The third-order valence-corrected chi connectivity index (χ3v) is 1.71. The van der Waals surface area contributed by atoms with Gasteiger partial charge in [-0.25, -0.2) is 0 Å². The molecule has 3 N–H and O–H groups in total. The molecule has 0 amide bonds. The molecule has 1 rings (SSSR count). The maximum Gasteiger partial charge on any atom is 0.287 e. The Hall–Kier alpha value is -0.170. The molecule has 0 saturated heterocycles. The van der Waals surface area contributed by atoms with Gasteiger partial charge in [0.2, 0.25) is 0 Å². The van der Waals surface area contributed by atoms with Gasteiger partial charge in [-0.3, -0.25) is 4.55 Å². The predicted molar refractivity (Wildman–Crippen MR) is 56.4 cm³/mol. The number of hydrogen-bond acceptors (Lipinski definition) is 2. The van der Waals surface area contributed by atoms with Gasteiger partial charge in [-0.2, -0.15) is 8.42 Å². The molecule has 0 fully saturated rings. The first-order chi connectivity index (χ1) is 5.58. The van der Waals surface area contributed by atoms with Gasteiger partial charge in [0, 0.05) is 29.6 Å². The molecular weight excluding hydrogens is 215 g/mol. The van der Waals surface area contributed by atoms with Crippen LogP contribution in [0.4, 0.5) is 0 Å². The van der Waals surface area contributed by atoms with Crippen LogP contribution >= 0.6 is 0 Å². The quantitative estimate of drug-likeness (QED) is 0.581. The fraction of sp³-hybridized carbons (Fsp3) is 0. The maximum absolute atomic E-state index is 10.3. The second-order valence-corrected chi connectivity index (χ2v) is 3.53. The molecule has 1 aromatic carbocycles. The minimum Gasteiger partial charge on any atom is -0.412 e. The van der Waals surface area contributed by atoms with Crippen LogP contribution in [0.15, 0.2) is 35.7 Å². The molecule has 0 unspecified atom stereocenters. The van der Waals surface area contributed by atoms with E-state index in [0.29, 0.717) is 0 Å². The summed E-state index contributed by atoms with van der Waals surface area (Å²) in [4.78, 5) is 0. The molecule has 0 atom stereocenters. The van der Waals surface area contributed by atoms with Gasteiger partial charge < -0.3 is 5.48 Å². The summed E-state index contributed by atoms with van der Waals surface area (Å²) in [6.45, 7) is 0. The van der Waals surface area contributed by atoms with Crippen molar-refractivity contribution in [3.8, 4) is 0 Å². The van der Waals surface area contributed by atoms with Gasteiger partial charge >= 0.3 is 0 Å². The Bertz CT molecular complexity index is 372. The number of hydrogen-bond donors (Lipinski definition) is 1. The van der Waals surface area contributed by atoms with Crippen molar-refractivity contribution in [3.05, 3.63) is 41.3 Å². The normalized spacial score (nSPS) is 10.4. The topological polar surface area (TPSA) is 85.9 Å². The van der Waals surface area contributed by atoms with E-state index >= 15 is 0 Å². The summed E-state index contributed by atoms with van der Waals surface area (Å²) >= 11 is 0. The van der Waals surface area contributed by atoms with Crippen LogP contribution in [0.2, 0.25) is 0 Å². The third kappa shape index (κ3) is 7.25. The maximum atomic E-state index is 10.3. The number of rotatable bonds is 2. The second kappa shape index (κ2) is 7.17. The van der Waals surface area contributed by atoms with E-state index in [4.69, 9.17) is 4.55 Å². The van der Waals surface area contributed by atoms with Crippen molar-refractivity contribution >= 4 is 45.8 Å². The summed E-state index contributed by atoms with van der Waals surface area (Å²) in [7, 11) is -4.00. The summed E-state index contributed by atoms with van der Waals surface area (Å²) in [5.74, 6) is 0. The average Bonchev–Trinajstić information content (AvgIpc) is 2.02. The van der Waals surface area contributed by atoms with Crippen LogP contribution in [0.5, 0.6) is 0 Å². The minimum atomic E-state index is -4.00. The van der Waals surface area contributed by atoms with Gasteiger partial charge in [-0.05, 0) is 11.6 Å². The molecule has 0 bridgehead atoms. The van der Waals surface area contributed by atoms with Crippen LogP contribution in [0.3, 0.4) is 0 Å². The molecular formula is C8H10NaO4S. The van der Waals surface area contributed by atoms with Crippen molar-refractivity contribution in [2.45, 2.75) is 0 Å². The largest absolute Gasteiger partial charge is 0.412 e. The summed E-state index contributed by atoms with van der Waals surface area (Å²) in [5.41, 5.74) is 0.732. The first-order valence-electron chi connectivity index (χ1n) is 3.28. The van der Waals surface area contributed by atoms with E-state index in [1.54, 1.807) is 24.3 Å². The molecule has 6 heteroatoms. The first kappa shape index (κ1) is 16.3. The molecule has 1 aromatic rings. The molecule has 0 spiro atoms. The van der Waals surface area contributed by atoms with E-state index < -0.39 is 10.1 Å². The molecule has 14 heavy (non-hydrogen) atoms. The Morgan fingerprint density at radius 1 is 1.14 bits per heavy atom. The zero-order valence-electron chi connectivity index (χ0n) is 7.71. The van der Waals surface area contributed by atoms with Crippen molar-refractivity contribution in [2.24, 2.45) is 0 Å². The summed E-state index contributed by atoms with van der Waals surface area (Å²) in [6.07, 6.45) is 1.33. The monoisotopic (exact) mass is 225 g/mol. The molecule has 0 saturated carbocycles. The standard InChI is InChI=1S/C8H8O3S.Na.H2O/c9-12(10,11)7-6-8-4-2-1-3-5-8;;/h1-7H,(H,9,10,11);;1H2. The number of benzene rings is 1. The molecule has 0 aliphatic heterocycles. The van der Waals surface area contributed by atoms with Crippen LogP contribution in [0, 0.1) is 0 Å². The van der Waals surface area contributed by atoms with E-state index in [1.165, 1.54) is 6.08 Å². The van der Waals surface area contributed by atoms with Crippen molar-refractivity contribution < 1.29 is 18.4 Å². The van der Waals surface area contributed by atoms with Gasteiger partial charge in [-0.1, -0.05) is 30.3 Å². The van der Waals surface area contributed by atoms with Crippen LogP contribution in [0.1, 0.15) is 5.56 Å².